The van der Waals surface area contributed by atoms with Crippen molar-refractivity contribution in [2.75, 3.05) is 46.0 Å². The standard InChI is InChI=1S/C24H27ClF2N2O5S/c25-18-2-5-20(6-3-18)34-17-24(15-23(30)28-10-12-33-13-11-28)8-1-9-29(16-24)35(31,32)22-7-4-19(26)14-21(22)27/h2-7,14H,1,8-13,15-17H2/t24-/m0/s1. The van der Waals surface area contributed by atoms with Gasteiger partial charge in [-0.3, -0.25) is 4.79 Å². The number of morpholine rings is 1. The topological polar surface area (TPSA) is 76.2 Å². The summed E-state index contributed by atoms with van der Waals surface area (Å²) in [4.78, 5) is 14.3. The number of carbonyl (C=O) groups is 1. The fourth-order valence-electron chi connectivity index (χ4n) is 4.52. The van der Waals surface area contributed by atoms with Crippen LogP contribution >= 0.6 is 11.6 Å². The van der Waals surface area contributed by atoms with Gasteiger partial charge in [-0.05, 0) is 49.2 Å². The second-order valence-electron chi connectivity index (χ2n) is 8.93. The van der Waals surface area contributed by atoms with Gasteiger partial charge in [0.15, 0.2) is 0 Å². The Bertz CT molecular complexity index is 1160. The summed E-state index contributed by atoms with van der Waals surface area (Å²) in [5.41, 5.74) is -0.836. The zero-order valence-corrected chi connectivity index (χ0v) is 20.7. The highest BCUT2D eigenvalue weighted by atomic mass is 35.5. The average molecular weight is 529 g/mol. The van der Waals surface area contributed by atoms with Gasteiger partial charge < -0.3 is 14.4 Å². The number of amides is 1. The van der Waals surface area contributed by atoms with E-state index >= 15 is 0 Å². The number of piperidine rings is 1. The molecule has 11 heteroatoms. The molecule has 2 heterocycles. The lowest BCUT2D eigenvalue weighted by Gasteiger charge is -2.42. The molecule has 0 radical (unpaired) electrons. The van der Waals surface area contributed by atoms with E-state index in [1.807, 2.05) is 0 Å². The van der Waals surface area contributed by atoms with Gasteiger partial charge in [0.1, 0.15) is 22.3 Å². The van der Waals surface area contributed by atoms with Crippen LogP contribution in [0.2, 0.25) is 5.02 Å². The van der Waals surface area contributed by atoms with Crippen LogP contribution in [0.25, 0.3) is 0 Å². The Morgan fingerprint density at radius 1 is 1.09 bits per heavy atom. The maximum atomic E-state index is 14.4. The quantitative estimate of drug-likeness (QED) is 0.547. The Morgan fingerprint density at radius 3 is 2.49 bits per heavy atom. The summed E-state index contributed by atoms with van der Waals surface area (Å²) >= 11 is 5.95. The second-order valence-corrected chi connectivity index (χ2v) is 11.3. The largest absolute Gasteiger partial charge is 0.493 e. The van der Waals surface area contributed by atoms with Crippen molar-refractivity contribution in [3.63, 3.8) is 0 Å². The molecule has 0 bridgehead atoms. The van der Waals surface area contributed by atoms with E-state index in [1.54, 1.807) is 29.2 Å². The third-order valence-electron chi connectivity index (χ3n) is 6.39. The van der Waals surface area contributed by atoms with Crippen molar-refractivity contribution in [2.24, 2.45) is 5.41 Å². The van der Waals surface area contributed by atoms with Crippen LogP contribution in [0.1, 0.15) is 19.3 Å². The number of sulfonamides is 1. The summed E-state index contributed by atoms with van der Waals surface area (Å²) in [7, 11) is -4.26. The summed E-state index contributed by atoms with van der Waals surface area (Å²) < 4.78 is 66.9. The van der Waals surface area contributed by atoms with Gasteiger partial charge in [0.2, 0.25) is 15.9 Å². The molecule has 2 aliphatic rings. The van der Waals surface area contributed by atoms with Gasteiger partial charge in [-0.2, -0.15) is 4.31 Å². The highest BCUT2D eigenvalue weighted by Gasteiger charge is 2.43. The van der Waals surface area contributed by atoms with E-state index < -0.39 is 32.0 Å². The molecule has 2 aliphatic heterocycles. The molecule has 2 saturated heterocycles. The highest BCUT2D eigenvalue weighted by molar-refractivity contribution is 7.89. The summed E-state index contributed by atoms with van der Waals surface area (Å²) in [6.45, 7) is 2.05. The monoisotopic (exact) mass is 528 g/mol. The minimum absolute atomic E-state index is 0.0319. The van der Waals surface area contributed by atoms with E-state index in [0.29, 0.717) is 56.0 Å². The molecule has 0 aromatic heterocycles. The Hall–Kier alpha value is -2.27. The molecule has 0 unspecified atom stereocenters. The van der Waals surface area contributed by atoms with E-state index in [1.165, 1.54) is 4.31 Å². The van der Waals surface area contributed by atoms with Crippen LogP contribution in [-0.4, -0.2) is 69.5 Å². The summed E-state index contributed by atoms with van der Waals surface area (Å²) in [6, 6.07) is 9.15. The smallest absolute Gasteiger partial charge is 0.246 e. The van der Waals surface area contributed by atoms with Gasteiger partial charge in [0.05, 0.1) is 19.8 Å². The fourth-order valence-corrected chi connectivity index (χ4v) is 6.28. The average Bonchev–Trinajstić information content (AvgIpc) is 2.84. The number of benzene rings is 2. The van der Waals surface area contributed by atoms with Gasteiger partial charge in [-0.15, -0.1) is 0 Å². The minimum atomic E-state index is -4.26. The maximum absolute atomic E-state index is 14.4. The second kappa shape index (κ2) is 10.8. The first kappa shape index (κ1) is 25.8. The summed E-state index contributed by atoms with van der Waals surface area (Å²) in [5, 5.41) is 0.547. The Kier molecular flexibility index (Phi) is 7.95. The van der Waals surface area contributed by atoms with E-state index in [-0.39, 0.29) is 32.0 Å². The molecule has 0 N–H and O–H groups in total. The van der Waals surface area contributed by atoms with Crippen LogP contribution in [-0.2, 0) is 19.6 Å². The van der Waals surface area contributed by atoms with Crippen molar-refractivity contribution in [1.82, 2.24) is 9.21 Å². The highest BCUT2D eigenvalue weighted by Crippen LogP contribution is 2.38. The van der Waals surface area contributed by atoms with Crippen LogP contribution in [0, 0.1) is 17.0 Å². The SMILES string of the molecule is O=C(C[C@@]1(COc2ccc(Cl)cc2)CCCN(S(=O)(=O)c2ccc(F)cc2F)C1)N1CCOCC1. The first-order valence-corrected chi connectivity index (χ1v) is 13.2. The number of ether oxygens (including phenoxy) is 2. The van der Waals surface area contributed by atoms with Crippen molar-refractivity contribution in [2.45, 2.75) is 24.2 Å². The molecule has 7 nitrogen and oxygen atoms in total. The van der Waals surface area contributed by atoms with Crippen molar-refractivity contribution < 1.29 is 31.5 Å². The van der Waals surface area contributed by atoms with Crippen molar-refractivity contribution in [3.05, 3.63) is 59.1 Å². The number of carbonyl (C=O) groups excluding carboxylic acids is 1. The molecule has 0 saturated carbocycles. The lowest BCUT2D eigenvalue weighted by molar-refractivity contribution is -0.139. The molecular weight excluding hydrogens is 502 g/mol. The van der Waals surface area contributed by atoms with E-state index in [9.17, 15) is 22.0 Å². The van der Waals surface area contributed by atoms with E-state index in [2.05, 4.69) is 0 Å². The van der Waals surface area contributed by atoms with Gasteiger partial charge in [0.25, 0.3) is 0 Å². The van der Waals surface area contributed by atoms with Gasteiger partial charge in [-0.1, -0.05) is 11.6 Å². The fraction of sp³-hybridized carbons (Fsp3) is 0.458. The lowest BCUT2D eigenvalue weighted by atomic mass is 9.78. The van der Waals surface area contributed by atoms with Crippen LogP contribution in [0.3, 0.4) is 0 Å². The van der Waals surface area contributed by atoms with Gasteiger partial charge in [0, 0.05) is 49.1 Å². The van der Waals surface area contributed by atoms with Crippen LogP contribution in [0.5, 0.6) is 5.75 Å². The molecule has 35 heavy (non-hydrogen) atoms. The van der Waals surface area contributed by atoms with Gasteiger partial charge >= 0.3 is 0 Å². The first-order chi connectivity index (χ1) is 16.7. The predicted molar refractivity (Wildman–Crippen MR) is 126 cm³/mol. The Balaban J connectivity index is 1.59. The van der Waals surface area contributed by atoms with E-state index in [4.69, 9.17) is 21.1 Å². The molecule has 0 aliphatic carbocycles. The molecule has 2 aromatic carbocycles. The van der Waals surface area contributed by atoms with Crippen LogP contribution in [0.15, 0.2) is 47.4 Å². The normalized spacial score (nSPS) is 21.6. The molecular formula is C24H27ClF2N2O5S. The van der Waals surface area contributed by atoms with Crippen LogP contribution in [0.4, 0.5) is 8.78 Å². The minimum Gasteiger partial charge on any atom is -0.493 e. The van der Waals surface area contributed by atoms with Crippen LogP contribution < -0.4 is 4.74 Å². The first-order valence-electron chi connectivity index (χ1n) is 11.4. The molecule has 2 aromatic rings. The molecule has 1 atom stereocenters. The number of halogens is 3. The van der Waals surface area contributed by atoms with Gasteiger partial charge in [-0.25, -0.2) is 17.2 Å². The predicted octanol–water partition coefficient (Wildman–Crippen LogP) is 3.72. The third kappa shape index (κ3) is 6.11. The Morgan fingerprint density at radius 2 is 1.80 bits per heavy atom. The van der Waals surface area contributed by atoms with Crippen molar-refractivity contribution in [3.8, 4) is 5.75 Å². The molecule has 0 spiro atoms. The number of rotatable bonds is 7. The molecule has 4 rings (SSSR count). The zero-order chi connectivity index (χ0) is 25.1. The maximum Gasteiger partial charge on any atom is 0.246 e. The Labute approximate surface area is 208 Å². The number of hydrogen-bond acceptors (Lipinski definition) is 5. The summed E-state index contributed by atoms with van der Waals surface area (Å²) in [6.07, 6.45) is 1.08. The van der Waals surface area contributed by atoms with Crippen molar-refractivity contribution >= 4 is 27.5 Å². The van der Waals surface area contributed by atoms with Crippen molar-refractivity contribution in [1.29, 1.82) is 0 Å². The molecule has 2 fully saturated rings. The number of nitrogens with zero attached hydrogens (tertiary/aromatic N) is 2. The summed E-state index contributed by atoms with van der Waals surface area (Å²) in [5.74, 6) is -1.58. The zero-order valence-electron chi connectivity index (χ0n) is 19.1. The molecule has 1 amide bonds. The third-order valence-corrected chi connectivity index (χ3v) is 8.52. The molecule has 190 valence electrons. The lowest BCUT2D eigenvalue weighted by Crippen LogP contribution is -2.52. The van der Waals surface area contributed by atoms with E-state index in [0.717, 1.165) is 12.1 Å². The number of hydrogen-bond donors (Lipinski definition) is 0.